The first-order chi connectivity index (χ1) is 17.2. The van der Waals surface area contributed by atoms with E-state index in [0.717, 1.165) is 5.56 Å². The molecule has 4 aromatic rings. The van der Waals surface area contributed by atoms with Crippen LogP contribution in [-0.2, 0) is 0 Å². The van der Waals surface area contributed by atoms with Gasteiger partial charge in [-0.1, -0.05) is 12.1 Å². The Morgan fingerprint density at radius 3 is 2.58 bits per heavy atom. The third-order valence-corrected chi connectivity index (χ3v) is 6.27. The number of aromatic nitrogens is 2. The van der Waals surface area contributed by atoms with Crippen LogP contribution in [0.25, 0.3) is 21.7 Å². The third-order valence-electron chi connectivity index (χ3n) is 5.37. The molecule has 4 rings (SSSR count). The molecule has 2 aromatic carbocycles. The molecule has 0 saturated heterocycles. The van der Waals surface area contributed by atoms with Crippen molar-refractivity contribution in [3.63, 3.8) is 0 Å². The number of amides is 1. The summed E-state index contributed by atoms with van der Waals surface area (Å²) >= 11 is 1.36. The maximum absolute atomic E-state index is 13.5. The fourth-order valence-corrected chi connectivity index (χ4v) is 4.22. The van der Waals surface area contributed by atoms with E-state index in [1.807, 2.05) is 12.1 Å². The van der Waals surface area contributed by atoms with E-state index in [2.05, 4.69) is 20.3 Å². The molecule has 1 amide bonds. The van der Waals surface area contributed by atoms with Crippen molar-refractivity contribution in [2.75, 3.05) is 17.6 Å². The normalized spacial score (nSPS) is 11.7. The summed E-state index contributed by atoms with van der Waals surface area (Å²) in [6, 6.07) is 13.1. The van der Waals surface area contributed by atoms with Crippen LogP contribution in [0.4, 0.5) is 15.8 Å². The maximum atomic E-state index is 13.5. The largest absolute Gasteiger partial charge is 0.398 e. The second-order valence-electron chi connectivity index (χ2n) is 8.86. The number of pyridine rings is 1. The highest BCUT2D eigenvalue weighted by molar-refractivity contribution is 7.13. The highest BCUT2D eigenvalue weighted by Gasteiger charge is 2.17. The van der Waals surface area contributed by atoms with E-state index >= 15 is 0 Å². The van der Waals surface area contributed by atoms with Crippen LogP contribution in [0.15, 0.2) is 71.3 Å². The number of nitrogen functional groups attached to an aromatic ring is 1. The van der Waals surface area contributed by atoms with Gasteiger partial charge in [0.15, 0.2) is 0 Å². The fourth-order valence-electron chi connectivity index (χ4n) is 3.41. The minimum atomic E-state index is -0.822. The number of nitrogens with one attached hydrogen (secondary N) is 1. The Morgan fingerprint density at radius 1 is 1.17 bits per heavy atom. The molecule has 0 aliphatic carbocycles. The van der Waals surface area contributed by atoms with Gasteiger partial charge < -0.3 is 16.2 Å². The van der Waals surface area contributed by atoms with E-state index in [9.17, 15) is 14.3 Å². The van der Waals surface area contributed by atoms with Crippen LogP contribution in [0.5, 0.6) is 0 Å². The summed E-state index contributed by atoms with van der Waals surface area (Å²) in [5, 5.41) is 15.2. The lowest BCUT2D eigenvalue weighted by molar-refractivity contribution is 0.0739. The van der Waals surface area contributed by atoms with E-state index in [1.165, 1.54) is 23.5 Å². The van der Waals surface area contributed by atoms with Crippen molar-refractivity contribution in [2.45, 2.75) is 25.9 Å². The molecule has 0 spiro atoms. The standard InChI is InChI=1S/C27H26FN5O2S/c1-27(2,35)9-12-31-15-19-13-23(21(14-22(19)29)17-3-5-20(28)6-4-17)32-25(34)24-16-36-26(33-24)18-7-10-30-11-8-18/h3-8,10-11,13-16,35H,9,12,29H2,1-2H3,(H,32,34). The van der Waals surface area contributed by atoms with Crippen LogP contribution in [0.2, 0.25) is 0 Å². The summed E-state index contributed by atoms with van der Waals surface area (Å²) in [5.74, 6) is -0.747. The van der Waals surface area contributed by atoms with Crippen LogP contribution < -0.4 is 11.1 Å². The Bertz CT molecular complexity index is 1380. The number of carbonyl (C=O) groups is 1. The van der Waals surface area contributed by atoms with Crippen molar-refractivity contribution in [2.24, 2.45) is 4.99 Å². The summed E-state index contributed by atoms with van der Waals surface area (Å²) in [7, 11) is 0. The second kappa shape index (κ2) is 10.8. The highest BCUT2D eigenvalue weighted by atomic mass is 32.1. The molecule has 7 nitrogen and oxygen atoms in total. The maximum Gasteiger partial charge on any atom is 0.275 e. The van der Waals surface area contributed by atoms with Gasteiger partial charge in [-0.05, 0) is 62.2 Å². The van der Waals surface area contributed by atoms with E-state index in [1.54, 1.807) is 62.1 Å². The lowest BCUT2D eigenvalue weighted by Gasteiger charge is -2.15. The number of aliphatic hydroxyl groups is 1. The molecule has 4 N–H and O–H groups in total. The lowest BCUT2D eigenvalue weighted by Crippen LogP contribution is -2.19. The number of halogens is 1. The number of nitrogens with two attached hydrogens (primary N) is 1. The van der Waals surface area contributed by atoms with Gasteiger partial charge in [-0.2, -0.15) is 0 Å². The van der Waals surface area contributed by atoms with Crippen molar-refractivity contribution in [3.8, 4) is 21.7 Å². The average molecular weight is 504 g/mol. The molecule has 0 unspecified atom stereocenters. The SMILES string of the molecule is CC(C)(O)CCN=Cc1cc(NC(=O)c2csc(-c3ccncc3)n2)c(-c2ccc(F)cc2)cc1N. The van der Waals surface area contributed by atoms with Crippen LogP contribution in [0.1, 0.15) is 36.3 Å². The number of rotatable bonds is 8. The predicted molar refractivity (Wildman–Crippen MR) is 143 cm³/mol. The van der Waals surface area contributed by atoms with Gasteiger partial charge in [0.25, 0.3) is 5.91 Å². The van der Waals surface area contributed by atoms with Crippen LogP contribution >= 0.6 is 11.3 Å². The molecule has 36 heavy (non-hydrogen) atoms. The smallest absolute Gasteiger partial charge is 0.275 e. The van der Waals surface area contributed by atoms with Crippen molar-refractivity contribution >= 4 is 34.8 Å². The van der Waals surface area contributed by atoms with Crippen LogP contribution in [-0.4, -0.2) is 39.3 Å². The number of carbonyl (C=O) groups excluding carboxylic acids is 1. The van der Waals surface area contributed by atoms with Crippen LogP contribution in [0.3, 0.4) is 0 Å². The van der Waals surface area contributed by atoms with Gasteiger partial charge in [0, 0.05) is 58.6 Å². The Hall–Kier alpha value is -3.95. The number of thiazole rings is 1. The molecule has 9 heteroatoms. The first-order valence-corrected chi connectivity index (χ1v) is 12.2. The van der Waals surface area contributed by atoms with E-state index in [4.69, 9.17) is 5.73 Å². The second-order valence-corrected chi connectivity index (χ2v) is 9.72. The molecular formula is C27H26FN5O2S. The van der Waals surface area contributed by atoms with E-state index < -0.39 is 5.60 Å². The summed E-state index contributed by atoms with van der Waals surface area (Å²) in [5.41, 5.74) is 9.50. The molecule has 0 aliphatic heterocycles. The third kappa shape index (κ3) is 6.38. The monoisotopic (exact) mass is 503 g/mol. The molecule has 0 aliphatic rings. The summed E-state index contributed by atoms with van der Waals surface area (Å²) in [6.07, 6.45) is 5.45. The number of aliphatic imine (C=N–C) groups is 1. The first kappa shape index (κ1) is 25.2. The lowest BCUT2D eigenvalue weighted by atomic mass is 10.00. The van der Waals surface area contributed by atoms with Crippen molar-refractivity contribution in [1.29, 1.82) is 0 Å². The molecule has 0 atom stereocenters. The van der Waals surface area contributed by atoms with Gasteiger partial charge in [-0.25, -0.2) is 9.37 Å². The molecule has 2 heterocycles. The van der Waals surface area contributed by atoms with Gasteiger partial charge in [-0.15, -0.1) is 11.3 Å². The number of hydrogen-bond donors (Lipinski definition) is 3. The zero-order chi connectivity index (χ0) is 25.7. The molecule has 0 saturated carbocycles. The zero-order valence-electron chi connectivity index (χ0n) is 19.9. The summed E-state index contributed by atoms with van der Waals surface area (Å²) in [6.45, 7) is 3.86. The van der Waals surface area contributed by atoms with E-state index in [0.29, 0.717) is 46.0 Å². The highest BCUT2D eigenvalue weighted by Crippen LogP contribution is 2.33. The van der Waals surface area contributed by atoms with Gasteiger partial charge in [0.1, 0.15) is 16.5 Å². The number of benzene rings is 2. The number of nitrogens with zero attached hydrogens (tertiary/aromatic N) is 3. The quantitative estimate of drug-likeness (QED) is 0.219. The molecule has 0 radical (unpaired) electrons. The average Bonchev–Trinajstić information content (AvgIpc) is 3.34. The molecule has 184 valence electrons. The van der Waals surface area contributed by atoms with Crippen molar-refractivity contribution < 1.29 is 14.3 Å². The Kier molecular flexibility index (Phi) is 7.52. The molecule has 2 aromatic heterocycles. The minimum Gasteiger partial charge on any atom is -0.398 e. The number of hydrogen-bond acceptors (Lipinski definition) is 7. The Balaban J connectivity index is 1.65. The van der Waals surface area contributed by atoms with Gasteiger partial charge in [0.2, 0.25) is 0 Å². The number of anilines is 2. The first-order valence-electron chi connectivity index (χ1n) is 11.3. The van der Waals surface area contributed by atoms with Gasteiger partial charge in [-0.3, -0.25) is 14.8 Å². The molecule has 0 bridgehead atoms. The van der Waals surface area contributed by atoms with Gasteiger partial charge in [0.05, 0.1) is 5.60 Å². The Labute approximate surface area is 212 Å². The predicted octanol–water partition coefficient (Wildman–Crippen LogP) is 5.43. The van der Waals surface area contributed by atoms with Crippen LogP contribution in [0, 0.1) is 5.82 Å². The molecular weight excluding hydrogens is 477 g/mol. The Morgan fingerprint density at radius 2 is 1.89 bits per heavy atom. The summed E-state index contributed by atoms with van der Waals surface area (Å²) in [4.78, 5) is 26.0. The van der Waals surface area contributed by atoms with Crippen molar-refractivity contribution in [3.05, 3.63) is 83.4 Å². The molecule has 0 fully saturated rings. The minimum absolute atomic E-state index is 0.272. The zero-order valence-corrected chi connectivity index (χ0v) is 20.7. The topological polar surface area (TPSA) is 113 Å². The van der Waals surface area contributed by atoms with Gasteiger partial charge >= 0.3 is 0 Å². The fraction of sp³-hybridized carbons (Fsp3) is 0.185. The van der Waals surface area contributed by atoms with Crippen molar-refractivity contribution in [1.82, 2.24) is 9.97 Å². The van der Waals surface area contributed by atoms with E-state index in [-0.39, 0.29) is 17.4 Å². The summed E-state index contributed by atoms with van der Waals surface area (Å²) < 4.78 is 13.5.